The molecule has 2 nitrogen and oxygen atoms in total. The van der Waals surface area contributed by atoms with Crippen molar-refractivity contribution in [1.82, 2.24) is 10.2 Å². The van der Waals surface area contributed by atoms with Gasteiger partial charge in [-0.3, -0.25) is 4.90 Å². The average molecular weight is 238 g/mol. The zero-order valence-corrected chi connectivity index (χ0v) is 11.8. The van der Waals surface area contributed by atoms with Crippen molar-refractivity contribution >= 4 is 0 Å². The van der Waals surface area contributed by atoms with Crippen molar-refractivity contribution in [2.75, 3.05) is 19.6 Å². The Hall–Kier alpha value is -0.0800. The van der Waals surface area contributed by atoms with Gasteiger partial charge in [-0.1, -0.05) is 33.1 Å². The smallest absolute Gasteiger partial charge is 0.0220 e. The molecule has 1 saturated heterocycles. The highest BCUT2D eigenvalue weighted by atomic mass is 15.2. The Kier molecular flexibility index (Phi) is 5.30. The fourth-order valence-electron chi connectivity index (χ4n) is 3.00. The molecule has 0 amide bonds. The topological polar surface area (TPSA) is 15.3 Å². The molecule has 1 heterocycles. The zero-order chi connectivity index (χ0) is 12.1. The summed E-state index contributed by atoms with van der Waals surface area (Å²) in [6, 6.07) is 1.69. The zero-order valence-electron chi connectivity index (χ0n) is 11.8. The van der Waals surface area contributed by atoms with Crippen LogP contribution in [-0.2, 0) is 0 Å². The fourth-order valence-corrected chi connectivity index (χ4v) is 3.00. The standard InChI is InChI=1S/C15H30N2/c1-3-13(4-2)12-17-10-6-5-7-15(17)11-16-14-8-9-14/h13-16H,3-12H2,1-2H3. The van der Waals surface area contributed by atoms with Crippen LogP contribution < -0.4 is 5.32 Å². The highest BCUT2D eigenvalue weighted by Crippen LogP contribution is 2.23. The van der Waals surface area contributed by atoms with E-state index in [9.17, 15) is 0 Å². The number of piperidine rings is 1. The average Bonchev–Trinajstić information content (AvgIpc) is 3.18. The molecule has 1 atom stereocenters. The highest BCUT2D eigenvalue weighted by Gasteiger charge is 2.27. The second-order valence-electron chi connectivity index (χ2n) is 6.01. The lowest BCUT2D eigenvalue weighted by Gasteiger charge is -2.38. The first-order chi connectivity index (χ1) is 8.33. The molecule has 0 spiro atoms. The Labute approximate surface area is 107 Å². The normalized spacial score (nSPS) is 26.6. The Morgan fingerprint density at radius 2 is 1.88 bits per heavy atom. The minimum atomic E-state index is 0.824. The third-order valence-electron chi connectivity index (χ3n) is 4.62. The molecule has 1 aliphatic heterocycles. The van der Waals surface area contributed by atoms with Crippen molar-refractivity contribution in [3.63, 3.8) is 0 Å². The molecule has 1 saturated carbocycles. The Balaban J connectivity index is 1.77. The summed E-state index contributed by atoms with van der Waals surface area (Å²) in [5.74, 6) is 0.913. The van der Waals surface area contributed by atoms with Gasteiger partial charge < -0.3 is 5.32 Å². The molecule has 2 fully saturated rings. The summed E-state index contributed by atoms with van der Waals surface area (Å²) in [5.41, 5.74) is 0. The quantitative estimate of drug-likeness (QED) is 0.733. The van der Waals surface area contributed by atoms with Crippen molar-refractivity contribution in [3.05, 3.63) is 0 Å². The van der Waals surface area contributed by atoms with E-state index in [1.165, 1.54) is 64.6 Å². The molecule has 0 aromatic heterocycles. The monoisotopic (exact) mass is 238 g/mol. The van der Waals surface area contributed by atoms with E-state index >= 15 is 0 Å². The van der Waals surface area contributed by atoms with Crippen molar-refractivity contribution < 1.29 is 0 Å². The Morgan fingerprint density at radius 1 is 1.12 bits per heavy atom. The van der Waals surface area contributed by atoms with Gasteiger partial charge in [-0.15, -0.1) is 0 Å². The number of rotatable bonds is 7. The molecule has 1 unspecified atom stereocenters. The third-order valence-corrected chi connectivity index (χ3v) is 4.62. The summed E-state index contributed by atoms with van der Waals surface area (Å²) in [6.07, 6.45) is 9.79. The highest BCUT2D eigenvalue weighted by molar-refractivity contribution is 4.86. The second kappa shape index (κ2) is 6.75. The lowest BCUT2D eigenvalue weighted by Crippen LogP contribution is -2.47. The molecule has 17 heavy (non-hydrogen) atoms. The van der Waals surface area contributed by atoms with Crippen LogP contribution in [0.3, 0.4) is 0 Å². The summed E-state index contributed by atoms with van der Waals surface area (Å²) < 4.78 is 0. The fraction of sp³-hybridized carbons (Fsp3) is 1.00. The van der Waals surface area contributed by atoms with E-state index in [-0.39, 0.29) is 0 Å². The van der Waals surface area contributed by atoms with Gasteiger partial charge in [-0.25, -0.2) is 0 Å². The molecular weight excluding hydrogens is 208 g/mol. The van der Waals surface area contributed by atoms with Crippen molar-refractivity contribution in [2.45, 2.75) is 70.9 Å². The van der Waals surface area contributed by atoms with E-state index in [0.29, 0.717) is 0 Å². The van der Waals surface area contributed by atoms with Crippen LogP contribution in [0, 0.1) is 5.92 Å². The van der Waals surface area contributed by atoms with Gasteiger partial charge in [0.2, 0.25) is 0 Å². The second-order valence-corrected chi connectivity index (χ2v) is 6.01. The lowest BCUT2D eigenvalue weighted by atomic mass is 9.97. The van der Waals surface area contributed by atoms with E-state index in [0.717, 1.165) is 18.0 Å². The predicted octanol–water partition coefficient (Wildman–Crippen LogP) is 3.03. The van der Waals surface area contributed by atoms with Crippen LogP contribution in [0.2, 0.25) is 0 Å². The molecule has 0 aromatic carbocycles. The van der Waals surface area contributed by atoms with Crippen LogP contribution in [0.25, 0.3) is 0 Å². The summed E-state index contributed by atoms with van der Waals surface area (Å²) >= 11 is 0. The van der Waals surface area contributed by atoms with E-state index < -0.39 is 0 Å². The van der Waals surface area contributed by atoms with Gasteiger partial charge in [0.25, 0.3) is 0 Å². The summed E-state index contributed by atoms with van der Waals surface area (Å²) in [4.78, 5) is 2.77. The first-order valence-corrected chi connectivity index (χ1v) is 7.80. The molecule has 0 aromatic rings. The summed E-state index contributed by atoms with van der Waals surface area (Å²) in [6.45, 7) is 8.60. The van der Waals surface area contributed by atoms with Crippen LogP contribution in [0.15, 0.2) is 0 Å². The molecule has 1 aliphatic carbocycles. The van der Waals surface area contributed by atoms with Gasteiger partial charge in [0, 0.05) is 25.2 Å². The maximum Gasteiger partial charge on any atom is 0.0220 e. The number of likely N-dealkylation sites (tertiary alicyclic amines) is 1. The van der Waals surface area contributed by atoms with Crippen LogP contribution in [-0.4, -0.2) is 36.6 Å². The largest absolute Gasteiger partial charge is 0.312 e. The Bertz CT molecular complexity index is 209. The minimum Gasteiger partial charge on any atom is -0.312 e. The Morgan fingerprint density at radius 3 is 2.53 bits per heavy atom. The maximum atomic E-state index is 3.72. The van der Waals surface area contributed by atoms with Gasteiger partial charge in [0.15, 0.2) is 0 Å². The van der Waals surface area contributed by atoms with Crippen LogP contribution >= 0.6 is 0 Å². The van der Waals surface area contributed by atoms with Crippen molar-refractivity contribution in [2.24, 2.45) is 5.92 Å². The van der Waals surface area contributed by atoms with Crippen LogP contribution in [0.5, 0.6) is 0 Å². The molecule has 0 bridgehead atoms. The molecule has 0 radical (unpaired) electrons. The lowest BCUT2D eigenvalue weighted by molar-refractivity contribution is 0.120. The van der Waals surface area contributed by atoms with Gasteiger partial charge in [-0.2, -0.15) is 0 Å². The minimum absolute atomic E-state index is 0.824. The van der Waals surface area contributed by atoms with E-state index in [1.54, 1.807) is 0 Å². The number of nitrogens with zero attached hydrogens (tertiary/aromatic N) is 1. The third kappa shape index (κ3) is 4.26. The van der Waals surface area contributed by atoms with Gasteiger partial charge in [0.1, 0.15) is 0 Å². The SMILES string of the molecule is CCC(CC)CN1CCCCC1CNC1CC1. The number of hydrogen-bond acceptors (Lipinski definition) is 2. The maximum absolute atomic E-state index is 3.72. The van der Waals surface area contributed by atoms with E-state index in [4.69, 9.17) is 0 Å². The first-order valence-electron chi connectivity index (χ1n) is 7.80. The van der Waals surface area contributed by atoms with Gasteiger partial charge >= 0.3 is 0 Å². The first kappa shape index (κ1) is 13.4. The molecule has 100 valence electrons. The van der Waals surface area contributed by atoms with Gasteiger partial charge in [0.05, 0.1) is 0 Å². The molecular formula is C15H30N2. The van der Waals surface area contributed by atoms with Crippen molar-refractivity contribution in [3.8, 4) is 0 Å². The van der Waals surface area contributed by atoms with Crippen molar-refractivity contribution in [1.29, 1.82) is 0 Å². The summed E-state index contributed by atoms with van der Waals surface area (Å²) in [7, 11) is 0. The van der Waals surface area contributed by atoms with Crippen LogP contribution in [0.1, 0.15) is 58.8 Å². The molecule has 2 rings (SSSR count). The molecule has 1 N–H and O–H groups in total. The molecule has 2 heteroatoms. The number of nitrogens with one attached hydrogen (secondary N) is 1. The van der Waals surface area contributed by atoms with E-state index in [2.05, 4.69) is 24.1 Å². The van der Waals surface area contributed by atoms with Gasteiger partial charge in [-0.05, 0) is 38.1 Å². The van der Waals surface area contributed by atoms with Crippen LogP contribution in [0.4, 0.5) is 0 Å². The molecule has 2 aliphatic rings. The number of hydrogen-bond donors (Lipinski definition) is 1. The summed E-state index contributed by atoms with van der Waals surface area (Å²) in [5, 5.41) is 3.72. The van der Waals surface area contributed by atoms with E-state index in [1.807, 2.05) is 0 Å². The predicted molar refractivity (Wildman–Crippen MR) is 74.3 cm³/mol.